The molecular weight excluding hydrogens is 322 g/mol. The van der Waals surface area contributed by atoms with Gasteiger partial charge in [0, 0.05) is 19.8 Å². The van der Waals surface area contributed by atoms with E-state index >= 15 is 0 Å². The van der Waals surface area contributed by atoms with Gasteiger partial charge < -0.3 is 24.3 Å². The first-order valence-electron chi connectivity index (χ1n) is 7.96. The number of carbonyl (C=O) groups is 2. The van der Waals surface area contributed by atoms with Crippen molar-refractivity contribution >= 4 is 11.8 Å². The van der Waals surface area contributed by atoms with E-state index in [9.17, 15) is 9.59 Å². The number of hydrogen-bond donors (Lipinski definition) is 1. The lowest BCUT2D eigenvalue weighted by molar-refractivity contribution is -0.126. The standard InChI is InChI=1S/C18H21N3O4/c1-20-14(11-21-8-4-5-13(21)18(20)23)17(22)19-10-12-6-7-15(24-2)16(9-12)25-3/h4-9,14H,10-11H2,1-3H3,(H,19,22). The maximum atomic E-state index is 12.6. The number of nitrogens with zero attached hydrogens (tertiary/aromatic N) is 2. The van der Waals surface area contributed by atoms with Gasteiger partial charge in [-0.2, -0.15) is 0 Å². The van der Waals surface area contributed by atoms with Gasteiger partial charge in [-0.25, -0.2) is 0 Å². The Labute approximate surface area is 146 Å². The van der Waals surface area contributed by atoms with Crippen LogP contribution in [0.1, 0.15) is 16.1 Å². The molecule has 1 unspecified atom stereocenters. The van der Waals surface area contributed by atoms with Crippen LogP contribution in [-0.4, -0.2) is 48.6 Å². The van der Waals surface area contributed by atoms with Gasteiger partial charge in [0.1, 0.15) is 11.7 Å². The molecule has 25 heavy (non-hydrogen) atoms. The molecule has 0 saturated carbocycles. The largest absolute Gasteiger partial charge is 0.493 e. The molecule has 1 aliphatic heterocycles. The Morgan fingerprint density at radius 1 is 1.24 bits per heavy atom. The van der Waals surface area contributed by atoms with E-state index in [1.54, 1.807) is 33.4 Å². The van der Waals surface area contributed by atoms with Crippen molar-refractivity contribution in [1.29, 1.82) is 0 Å². The lowest BCUT2D eigenvalue weighted by atomic mass is 10.1. The predicted molar refractivity (Wildman–Crippen MR) is 91.7 cm³/mol. The van der Waals surface area contributed by atoms with E-state index in [0.29, 0.717) is 30.3 Å². The number of methoxy groups -OCH3 is 2. The molecule has 0 aliphatic carbocycles. The number of aromatic nitrogens is 1. The van der Waals surface area contributed by atoms with Crippen LogP contribution < -0.4 is 14.8 Å². The van der Waals surface area contributed by atoms with Crippen molar-refractivity contribution in [2.45, 2.75) is 19.1 Å². The molecule has 2 amide bonds. The van der Waals surface area contributed by atoms with Crippen LogP contribution in [0.2, 0.25) is 0 Å². The summed E-state index contributed by atoms with van der Waals surface area (Å²) in [6, 6.07) is 8.51. The van der Waals surface area contributed by atoms with Crippen molar-refractivity contribution in [2.75, 3.05) is 21.3 Å². The fourth-order valence-corrected chi connectivity index (χ4v) is 2.95. The van der Waals surface area contributed by atoms with Crippen LogP contribution in [0, 0.1) is 0 Å². The monoisotopic (exact) mass is 343 g/mol. The van der Waals surface area contributed by atoms with Gasteiger partial charge in [0.15, 0.2) is 11.5 Å². The molecule has 132 valence electrons. The van der Waals surface area contributed by atoms with Crippen LogP contribution in [0.3, 0.4) is 0 Å². The number of likely N-dealkylation sites (N-methyl/N-ethyl adjacent to an activating group) is 1. The molecule has 2 heterocycles. The van der Waals surface area contributed by atoms with E-state index in [1.165, 1.54) is 4.90 Å². The molecule has 1 N–H and O–H groups in total. The Bertz CT molecular complexity index is 799. The van der Waals surface area contributed by atoms with Gasteiger partial charge in [-0.3, -0.25) is 9.59 Å². The topological polar surface area (TPSA) is 72.8 Å². The molecule has 0 saturated heterocycles. The highest BCUT2D eigenvalue weighted by molar-refractivity contribution is 5.97. The number of ether oxygens (including phenoxy) is 2. The zero-order valence-electron chi connectivity index (χ0n) is 14.5. The third-order valence-corrected chi connectivity index (χ3v) is 4.42. The van der Waals surface area contributed by atoms with Crippen LogP contribution in [-0.2, 0) is 17.9 Å². The molecule has 7 heteroatoms. The number of nitrogens with one attached hydrogen (secondary N) is 1. The van der Waals surface area contributed by atoms with Gasteiger partial charge in [0.05, 0.1) is 20.8 Å². The molecule has 0 bridgehead atoms. The Hall–Kier alpha value is -2.96. The van der Waals surface area contributed by atoms with Gasteiger partial charge in [-0.15, -0.1) is 0 Å². The number of fused-ring (bicyclic) bond motifs is 1. The highest BCUT2D eigenvalue weighted by Crippen LogP contribution is 2.27. The minimum Gasteiger partial charge on any atom is -0.493 e. The van der Waals surface area contributed by atoms with E-state index in [4.69, 9.17) is 9.47 Å². The molecule has 1 atom stereocenters. The fourth-order valence-electron chi connectivity index (χ4n) is 2.95. The normalized spacial score (nSPS) is 16.4. The molecule has 0 radical (unpaired) electrons. The average Bonchev–Trinajstić information content (AvgIpc) is 3.11. The number of benzene rings is 1. The van der Waals surface area contributed by atoms with Gasteiger partial charge in [-0.1, -0.05) is 6.07 Å². The van der Waals surface area contributed by atoms with Crippen molar-refractivity contribution in [1.82, 2.24) is 14.8 Å². The summed E-state index contributed by atoms with van der Waals surface area (Å²) in [6.45, 7) is 0.790. The van der Waals surface area contributed by atoms with E-state index in [0.717, 1.165) is 5.56 Å². The van der Waals surface area contributed by atoms with Crippen LogP contribution in [0.4, 0.5) is 0 Å². The van der Waals surface area contributed by atoms with Crippen molar-refractivity contribution in [3.8, 4) is 11.5 Å². The van der Waals surface area contributed by atoms with Crippen LogP contribution >= 0.6 is 0 Å². The zero-order valence-corrected chi connectivity index (χ0v) is 14.5. The molecule has 2 aromatic rings. The minimum absolute atomic E-state index is 0.150. The minimum atomic E-state index is -0.535. The van der Waals surface area contributed by atoms with Gasteiger partial charge in [0.25, 0.3) is 5.91 Å². The highest BCUT2D eigenvalue weighted by Gasteiger charge is 2.33. The summed E-state index contributed by atoms with van der Waals surface area (Å²) >= 11 is 0. The van der Waals surface area contributed by atoms with Crippen LogP contribution in [0.15, 0.2) is 36.5 Å². The number of carbonyl (C=O) groups excluding carboxylic acids is 2. The summed E-state index contributed by atoms with van der Waals surface area (Å²) in [5.74, 6) is 0.902. The molecule has 0 fully saturated rings. The summed E-state index contributed by atoms with van der Waals surface area (Å²) in [5.41, 5.74) is 1.49. The van der Waals surface area contributed by atoms with Gasteiger partial charge in [-0.05, 0) is 29.8 Å². The van der Waals surface area contributed by atoms with Crippen LogP contribution in [0.5, 0.6) is 11.5 Å². The summed E-state index contributed by atoms with van der Waals surface area (Å²) < 4.78 is 12.3. The van der Waals surface area contributed by atoms with E-state index < -0.39 is 6.04 Å². The third-order valence-electron chi connectivity index (χ3n) is 4.42. The number of amides is 2. The maximum absolute atomic E-state index is 12.6. The second-order valence-electron chi connectivity index (χ2n) is 5.88. The number of hydrogen-bond acceptors (Lipinski definition) is 4. The molecule has 1 aliphatic rings. The SMILES string of the molecule is COc1ccc(CNC(=O)C2Cn3cccc3C(=O)N2C)cc1OC. The Balaban J connectivity index is 1.68. The lowest BCUT2D eigenvalue weighted by Gasteiger charge is -2.32. The first-order valence-corrected chi connectivity index (χ1v) is 7.96. The van der Waals surface area contributed by atoms with Gasteiger partial charge >= 0.3 is 0 Å². The first kappa shape index (κ1) is 16.9. The van der Waals surface area contributed by atoms with Crippen molar-refractivity contribution in [3.63, 3.8) is 0 Å². The Kier molecular flexibility index (Phi) is 4.65. The molecule has 3 rings (SSSR count). The maximum Gasteiger partial charge on any atom is 0.270 e. The predicted octanol–water partition coefficient (Wildman–Crippen LogP) is 1.28. The van der Waals surface area contributed by atoms with E-state index in [1.807, 2.05) is 29.0 Å². The van der Waals surface area contributed by atoms with Crippen molar-refractivity contribution in [2.24, 2.45) is 0 Å². The second-order valence-corrected chi connectivity index (χ2v) is 5.88. The summed E-state index contributed by atoms with van der Waals surface area (Å²) in [4.78, 5) is 26.4. The lowest BCUT2D eigenvalue weighted by Crippen LogP contribution is -2.53. The van der Waals surface area contributed by atoms with Gasteiger partial charge in [0.2, 0.25) is 5.91 Å². The smallest absolute Gasteiger partial charge is 0.270 e. The Morgan fingerprint density at radius 2 is 2.00 bits per heavy atom. The van der Waals surface area contributed by atoms with Crippen molar-refractivity contribution in [3.05, 3.63) is 47.8 Å². The summed E-state index contributed by atoms with van der Waals surface area (Å²) in [5, 5.41) is 2.89. The zero-order chi connectivity index (χ0) is 18.0. The molecule has 0 spiro atoms. The number of rotatable bonds is 5. The van der Waals surface area contributed by atoms with E-state index in [2.05, 4.69) is 5.32 Å². The first-order chi connectivity index (χ1) is 12.0. The summed E-state index contributed by atoms with van der Waals surface area (Å²) in [6.07, 6.45) is 1.81. The molecule has 7 nitrogen and oxygen atoms in total. The second kappa shape index (κ2) is 6.88. The highest BCUT2D eigenvalue weighted by atomic mass is 16.5. The third kappa shape index (κ3) is 3.17. The van der Waals surface area contributed by atoms with E-state index in [-0.39, 0.29) is 11.8 Å². The van der Waals surface area contributed by atoms with Crippen molar-refractivity contribution < 1.29 is 19.1 Å². The van der Waals surface area contributed by atoms with Crippen LogP contribution in [0.25, 0.3) is 0 Å². The molecule has 1 aromatic heterocycles. The Morgan fingerprint density at radius 3 is 2.72 bits per heavy atom. The summed E-state index contributed by atoms with van der Waals surface area (Å²) in [7, 11) is 4.79. The fraction of sp³-hybridized carbons (Fsp3) is 0.333. The molecule has 1 aromatic carbocycles. The molecular formula is C18H21N3O4. The quantitative estimate of drug-likeness (QED) is 0.888. The average molecular weight is 343 g/mol.